The number of phenolic OH excluding ortho intramolecular Hbond substituents is 2. The second-order valence-electron chi connectivity index (χ2n) is 3.65. The summed E-state index contributed by atoms with van der Waals surface area (Å²) in [6, 6.07) is 2.72. The highest BCUT2D eigenvalue weighted by Crippen LogP contribution is 2.21. The molecule has 0 heterocycles. The molecule has 1 aromatic rings. The Morgan fingerprint density at radius 2 is 2.06 bits per heavy atom. The van der Waals surface area contributed by atoms with E-state index in [9.17, 15) is 19.8 Å². The van der Waals surface area contributed by atoms with Gasteiger partial charge >= 0.3 is 5.97 Å². The average Bonchev–Trinajstić information content (AvgIpc) is 2.32. The van der Waals surface area contributed by atoms with Gasteiger partial charge in [-0.2, -0.15) is 0 Å². The molecular formula is C12H15NO5. The number of carbonyl (C=O) groups is 2. The summed E-state index contributed by atoms with van der Waals surface area (Å²) in [6.45, 7) is 3.35. The molecule has 0 radical (unpaired) electrons. The Morgan fingerprint density at radius 1 is 1.39 bits per heavy atom. The van der Waals surface area contributed by atoms with E-state index >= 15 is 0 Å². The molecular weight excluding hydrogens is 238 g/mol. The van der Waals surface area contributed by atoms with Gasteiger partial charge in [-0.3, -0.25) is 4.79 Å². The van der Waals surface area contributed by atoms with Crippen LogP contribution in [-0.2, 0) is 9.53 Å². The number of phenols is 2. The minimum Gasteiger partial charge on any atom is -0.508 e. The number of ether oxygens (including phenoxy) is 1. The van der Waals surface area contributed by atoms with E-state index in [0.29, 0.717) is 0 Å². The Labute approximate surface area is 104 Å². The maximum atomic E-state index is 11.7. The second kappa shape index (κ2) is 5.90. The second-order valence-corrected chi connectivity index (χ2v) is 3.65. The van der Waals surface area contributed by atoms with Crippen molar-refractivity contribution in [1.29, 1.82) is 0 Å². The van der Waals surface area contributed by atoms with Crippen LogP contribution in [0.2, 0.25) is 0 Å². The summed E-state index contributed by atoms with van der Waals surface area (Å²) in [4.78, 5) is 23.1. The van der Waals surface area contributed by atoms with Gasteiger partial charge in [0, 0.05) is 0 Å². The maximum absolute atomic E-state index is 11.7. The number of rotatable bonds is 4. The molecule has 1 unspecified atom stereocenters. The summed E-state index contributed by atoms with van der Waals surface area (Å²) in [5, 5.41) is 21.1. The number of nitrogens with one attached hydrogen (secondary N) is 1. The van der Waals surface area contributed by atoms with Crippen LogP contribution in [0.4, 0.5) is 0 Å². The third-order valence-electron chi connectivity index (χ3n) is 2.21. The van der Waals surface area contributed by atoms with E-state index in [4.69, 9.17) is 4.74 Å². The zero-order valence-electron chi connectivity index (χ0n) is 10.1. The Hall–Kier alpha value is -2.24. The van der Waals surface area contributed by atoms with E-state index < -0.39 is 17.9 Å². The van der Waals surface area contributed by atoms with Crippen molar-refractivity contribution in [2.24, 2.45) is 0 Å². The highest BCUT2D eigenvalue weighted by Gasteiger charge is 2.19. The third kappa shape index (κ3) is 3.38. The van der Waals surface area contributed by atoms with Crippen molar-refractivity contribution in [3.05, 3.63) is 23.8 Å². The molecule has 1 aromatic carbocycles. The van der Waals surface area contributed by atoms with Gasteiger partial charge in [-0.15, -0.1) is 0 Å². The normalized spacial score (nSPS) is 11.7. The molecule has 18 heavy (non-hydrogen) atoms. The van der Waals surface area contributed by atoms with Crippen molar-refractivity contribution in [3.8, 4) is 11.5 Å². The number of aromatic hydroxyl groups is 2. The molecule has 1 atom stereocenters. The number of amides is 1. The highest BCUT2D eigenvalue weighted by atomic mass is 16.5. The lowest BCUT2D eigenvalue weighted by molar-refractivity contribution is -0.144. The summed E-state index contributed by atoms with van der Waals surface area (Å²) in [5.41, 5.74) is -0.105. The predicted molar refractivity (Wildman–Crippen MR) is 63.3 cm³/mol. The van der Waals surface area contributed by atoms with Crippen LogP contribution in [-0.4, -0.2) is 34.7 Å². The van der Waals surface area contributed by atoms with E-state index in [-0.39, 0.29) is 23.7 Å². The zero-order chi connectivity index (χ0) is 13.7. The maximum Gasteiger partial charge on any atom is 0.328 e. The van der Waals surface area contributed by atoms with Crippen LogP contribution in [0.3, 0.4) is 0 Å². The quantitative estimate of drug-likeness (QED) is 0.544. The molecule has 0 saturated carbocycles. The molecule has 6 nitrogen and oxygen atoms in total. The molecule has 0 aliphatic carbocycles. The van der Waals surface area contributed by atoms with Gasteiger partial charge < -0.3 is 20.3 Å². The van der Waals surface area contributed by atoms with Crippen LogP contribution < -0.4 is 5.32 Å². The number of benzene rings is 1. The van der Waals surface area contributed by atoms with Gasteiger partial charge in [-0.1, -0.05) is 0 Å². The van der Waals surface area contributed by atoms with Gasteiger partial charge in [-0.05, 0) is 32.0 Å². The molecule has 0 aliphatic heterocycles. The van der Waals surface area contributed by atoms with Crippen LogP contribution in [0, 0.1) is 0 Å². The monoisotopic (exact) mass is 253 g/mol. The first kappa shape index (κ1) is 13.8. The molecule has 0 aromatic heterocycles. The van der Waals surface area contributed by atoms with Gasteiger partial charge in [0.25, 0.3) is 5.91 Å². The van der Waals surface area contributed by atoms with E-state index in [1.165, 1.54) is 19.1 Å². The SMILES string of the molecule is CCOC(=O)C(C)NC(=O)c1cc(O)ccc1O. The van der Waals surface area contributed by atoms with E-state index in [1.807, 2.05) is 0 Å². The molecule has 0 fully saturated rings. The average molecular weight is 253 g/mol. The number of carbonyl (C=O) groups excluding carboxylic acids is 2. The molecule has 0 spiro atoms. The molecule has 0 saturated heterocycles. The van der Waals surface area contributed by atoms with Gasteiger partial charge in [0.15, 0.2) is 0 Å². The number of hydrogen-bond donors (Lipinski definition) is 3. The lowest BCUT2D eigenvalue weighted by Gasteiger charge is -2.13. The van der Waals surface area contributed by atoms with Crippen LogP contribution in [0.1, 0.15) is 24.2 Å². The summed E-state index contributed by atoms with van der Waals surface area (Å²) < 4.78 is 4.73. The summed E-state index contributed by atoms with van der Waals surface area (Å²) in [6.07, 6.45) is 0. The lowest BCUT2D eigenvalue weighted by Crippen LogP contribution is -2.39. The predicted octanol–water partition coefficient (Wildman–Crippen LogP) is 0.779. The van der Waals surface area contributed by atoms with Crippen molar-refractivity contribution in [1.82, 2.24) is 5.32 Å². The lowest BCUT2D eigenvalue weighted by atomic mass is 10.1. The van der Waals surface area contributed by atoms with Crippen LogP contribution >= 0.6 is 0 Å². The number of esters is 1. The fraction of sp³-hybridized carbons (Fsp3) is 0.333. The number of hydrogen-bond acceptors (Lipinski definition) is 5. The van der Waals surface area contributed by atoms with Crippen molar-refractivity contribution >= 4 is 11.9 Å². The third-order valence-corrected chi connectivity index (χ3v) is 2.21. The Balaban J connectivity index is 2.76. The van der Waals surface area contributed by atoms with Gasteiger partial charge in [-0.25, -0.2) is 4.79 Å². The van der Waals surface area contributed by atoms with Gasteiger partial charge in [0.1, 0.15) is 17.5 Å². The molecule has 0 bridgehead atoms. The standard InChI is InChI=1S/C12H15NO5/c1-3-18-12(17)7(2)13-11(16)9-6-8(14)4-5-10(9)15/h4-7,14-15H,3H2,1-2H3,(H,13,16). The van der Waals surface area contributed by atoms with Crippen molar-refractivity contribution in [2.45, 2.75) is 19.9 Å². The molecule has 6 heteroatoms. The minimum atomic E-state index is -0.834. The van der Waals surface area contributed by atoms with Crippen molar-refractivity contribution in [3.63, 3.8) is 0 Å². The topological polar surface area (TPSA) is 95.9 Å². The van der Waals surface area contributed by atoms with Crippen molar-refractivity contribution in [2.75, 3.05) is 6.61 Å². The summed E-state index contributed by atoms with van der Waals surface area (Å²) >= 11 is 0. The van der Waals surface area contributed by atoms with E-state index in [1.54, 1.807) is 6.92 Å². The Morgan fingerprint density at radius 3 is 2.67 bits per heavy atom. The Kier molecular flexibility index (Phi) is 4.53. The Bertz CT molecular complexity index is 458. The van der Waals surface area contributed by atoms with Crippen LogP contribution in [0.25, 0.3) is 0 Å². The first-order valence-electron chi connectivity index (χ1n) is 5.45. The van der Waals surface area contributed by atoms with Crippen LogP contribution in [0.15, 0.2) is 18.2 Å². The summed E-state index contributed by atoms with van der Waals surface area (Å²) in [5.74, 6) is -1.66. The van der Waals surface area contributed by atoms with Crippen LogP contribution in [0.5, 0.6) is 11.5 Å². The molecule has 0 aliphatic rings. The first-order chi connectivity index (χ1) is 8.45. The zero-order valence-corrected chi connectivity index (χ0v) is 10.1. The van der Waals surface area contributed by atoms with E-state index in [2.05, 4.69) is 5.32 Å². The fourth-order valence-corrected chi connectivity index (χ4v) is 1.31. The van der Waals surface area contributed by atoms with Gasteiger partial charge in [0.05, 0.1) is 12.2 Å². The minimum absolute atomic E-state index is 0.105. The highest BCUT2D eigenvalue weighted by molar-refractivity contribution is 5.99. The first-order valence-corrected chi connectivity index (χ1v) is 5.45. The molecule has 98 valence electrons. The summed E-state index contributed by atoms with van der Waals surface area (Å²) in [7, 11) is 0. The smallest absolute Gasteiger partial charge is 0.328 e. The molecule has 1 rings (SSSR count). The molecule has 3 N–H and O–H groups in total. The van der Waals surface area contributed by atoms with Crippen molar-refractivity contribution < 1.29 is 24.5 Å². The van der Waals surface area contributed by atoms with E-state index in [0.717, 1.165) is 6.07 Å². The van der Waals surface area contributed by atoms with Gasteiger partial charge in [0.2, 0.25) is 0 Å². The molecule has 1 amide bonds. The largest absolute Gasteiger partial charge is 0.508 e. The fourth-order valence-electron chi connectivity index (χ4n) is 1.31.